The highest BCUT2D eigenvalue weighted by Crippen LogP contribution is 1.88. The van der Waals surface area contributed by atoms with Gasteiger partial charge in [0.1, 0.15) is 0 Å². The van der Waals surface area contributed by atoms with Gasteiger partial charge in [0.2, 0.25) is 0 Å². The topological polar surface area (TPSA) is 65.6 Å². The van der Waals surface area contributed by atoms with Gasteiger partial charge in [0.05, 0.1) is 11.9 Å². The summed E-state index contributed by atoms with van der Waals surface area (Å²) >= 11 is 0. The number of rotatable bonds is 5. The highest BCUT2D eigenvalue weighted by atomic mass is 15.3. The van der Waals surface area contributed by atoms with E-state index in [2.05, 4.69) is 33.0 Å². The van der Waals surface area contributed by atoms with Crippen molar-refractivity contribution in [3.8, 4) is 0 Å². The molecule has 1 unspecified atom stereocenters. The lowest BCUT2D eigenvalue weighted by atomic mass is 10.3. The molecule has 0 bridgehead atoms. The van der Waals surface area contributed by atoms with Gasteiger partial charge < -0.3 is 10.6 Å². The monoisotopic (exact) mass is 169 g/mol. The third-order valence-corrected chi connectivity index (χ3v) is 1.61. The third kappa shape index (κ3) is 2.98. The van der Waals surface area contributed by atoms with Crippen molar-refractivity contribution >= 4 is 0 Å². The predicted molar refractivity (Wildman–Crippen MR) is 46.6 cm³/mol. The summed E-state index contributed by atoms with van der Waals surface area (Å²) in [5, 5.41) is 16.6. The van der Waals surface area contributed by atoms with Gasteiger partial charge in [-0.15, -0.1) is 0 Å². The number of likely N-dealkylation sites (N-methyl/N-ethyl adjacent to an activating group) is 1. The maximum absolute atomic E-state index is 3.93. The predicted octanol–water partition coefficient (Wildman–Crippen LogP) is -0.498. The molecule has 0 fully saturated rings. The first-order valence-electron chi connectivity index (χ1n) is 4.05. The Kier molecular flexibility index (Phi) is 3.69. The van der Waals surface area contributed by atoms with E-state index >= 15 is 0 Å². The quantitative estimate of drug-likeness (QED) is 0.556. The third-order valence-electron chi connectivity index (χ3n) is 1.61. The number of aromatic amines is 1. The molecule has 5 nitrogen and oxygen atoms in total. The van der Waals surface area contributed by atoms with E-state index in [9.17, 15) is 0 Å². The molecule has 0 aliphatic heterocycles. The van der Waals surface area contributed by atoms with Crippen LogP contribution in [-0.4, -0.2) is 35.0 Å². The summed E-state index contributed by atoms with van der Waals surface area (Å²) in [6.07, 6.45) is 1.72. The van der Waals surface area contributed by atoms with E-state index in [0.717, 1.165) is 18.8 Å². The Hall–Kier alpha value is -0.940. The Morgan fingerprint density at radius 2 is 2.50 bits per heavy atom. The van der Waals surface area contributed by atoms with Gasteiger partial charge in [0, 0.05) is 19.1 Å². The summed E-state index contributed by atoms with van der Waals surface area (Å²) in [4.78, 5) is 0. The minimum absolute atomic E-state index is 0.451. The zero-order valence-electron chi connectivity index (χ0n) is 7.46. The second-order valence-corrected chi connectivity index (χ2v) is 2.80. The molecule has 68 valence electrons. The van der Waals surface area contributed by atoms with Gasteiger partial charge in [0.15, 0.2) is 0 Å². The van der Waals surface area contributed by atoms with Crippen LogP contribution >= 0.6 is 0 Å². The molecule has 0 radical (unpaired) electrons. The van der Waals surface area contributed by atoms with Crippen LogP contribution in [0, 0.1) is 0 Å². The number of nitrogens with zero attached hydrogens (tertiary/aromatic N) is 2. The second-order valence-electron chi connectivity index (χ2n) is 2.80. The number of hydrogen-bond acceptors (Lipinski definition) is 4. The molecule has 1 rings (SSSR count). The Morgan fingerprint density at radius 1 is 1.67 bits per heavy atom. The largest absolute Gasteiger partial charge is 0.318 e. The summed E-state index contributed by atoms with van der Waals surface area (Å²) in [5.41, 5.74) is 0.943. The van der Waals surface area contributed by atoms with Crippen LogP contribution in [0.15, 0.2) is 6.20 Å². The molecule has 0 spiro atoms. The molecule has 0 aliphatic carbocycles. The van der Waals surface area contributed by atoms with Crippen LogP contribution in [0.25, 0.3) is 0 Å². The van der Waals surface area contributed by atoms with Gasteiger partial charge >= 0.3 is 0 Å². The molecular weight excluding hydrogens is 154 g/mol. The Bertz CT molecular complexity index is 196. The van der Waals surface area contributed by atoms with E-state index in [4.69, 9.17) is 0 Å². The lowest BCUT2D eigenvalue weighted by molar-refractivity contribution is 0.518. The van der Waals surface area contributed by atoms with Crippen LogP contribution in [-0.2, 0) is 6.54 Å². The molecule has 1 heterocycles. The molecule has 1 atom stereocenters. The first-order valence-corrected chi connectivity index (χ1v) is 4.05. The SMILES string of the molecule is CNCC(C)NCc1cn[nH]n1. The maximum atomic E-state index is 3.93. The summed E-state index contributed by atoms with van der Waals surface area (Å²) in [6, 6.07) is 0.451. The summed E-state index contributed by atoms with van der Waals surface area (Å²) in [5.74, 6) is 0. The van der Waals surface area contributed by atoms with Gasteiger partial charge in [-0.2, -0.15) is 15.4 Å². The first-order chi connectivity index (χ1) is 5.83. The smallest absolute Gasteiger partial charge is 0.0962 e. The molecule has 0 aromatic carbocycles. The highest BCUT2D eigenvalue weighted by molar-refractivity contribution is 4.89. The molecule has 0 aliphatic rings. The lowest BCUT2D eigenvalue weighted by Gasteiger charge is -2.10. The van der Waals surface area contributed by atoms with Gasteiger partial charge in [-0.1, -0.05) is 0 Å². The Morgan fingerprint density at radius 3 is 3.08 bits per heavy atom. The minimum atomic E-state index is 0.451. The van der Waals surface area contributed by atoms with E-state index in [1.54, 1.807) is 6.20 Å². The Balaban J connectivity index is 2.17. The van der Waals surface area contributed by atoms with E-state index < -0.39 is 0 Å². The van der Waals surface area contributed by atoms with E-state index in [0.29, 0.717) is 6.04 Å². The van der Waals surface area contributed by atoms with Gasteiger partial charge in [-0.05, 0) is 14.0 Å². The number of aromatic nitrogens is 3. The van der Waals surface area contributed by atoms with E-state index in [1.807, 2.05) is 7.05 Å². The fourth-order valence-electron chi connectivity index (χ4n) is 0.968. The van der Waals surface area contributed by atoms with E-state index in [-0.39, 0.29) is 0 Å². The molecule has 0 amide bonds. The van der Waals surface area contributed by atoms with Crippen molar-refractivity contribution in [1.29, 1.82) is 0 Å². The molecule has 0 saturated carbocycles. The van der Waals surface area contributed by atoms with Crippen LogP contribution in [0.4, 0.5) is 0 Å². The summed E-state index contributed by atoms with van der Waals surface area (Å²) in [7, 11) is 1.94. The number of H-pyrrole nitrogens is 1. The van der Waals surface area contributed by atoms with Gasteiger partial charge in [-0.25, -0.2) is 0 Å². The summed E-state index contributed by atoms with van der Waals surface area (Å²) < 4.78 is 0. The molecular formula is C7H15N5. The van der Waals surface area contributed by atoms with Crippen LogP contribution in [0.1, 0.15) is 12.6 Å². The van der Waals surface area contributed by atoms with Gasteiger partial charge in [-0.3, -0.25) is 0 Å². The van der Waals surface area contributed by atoms with Crippen molar-refractivity contribution in [2.24, 2.45) is 0 Å². The highest BCUT2D eigenvalue weighted by Gasteiger charge is 2.00. The summed E-state index contributed by atoms with van der Waals surface area (Å²) in [6.45, 7) is 3.84. The zero-order chi connectivity index (χ0) is 8.81. The standard InChI is InChI=1S/C7H15N5/c1-6(3-8-2)9-4-7-5-10-12-11-7/h5-6,8-9H,3-4H2,1-2H3,(H,10,11,12). The molecule has 1 aromatic rings. The van der Waals surface area contributed by atoms with E-state index in [1.165, 1.54) is 0 Å². The maximum Gasteiger partial charge on any atom is 0.0962 e. The van der Waals surface area contributed by atoms with Gasteiger partial charge in [0.25, 0.3) is 0 Å². The fourth-order valence-corrected chi connectivity index (χ4v) is 0.968. The van der Waals surface area contributed by atoms with Crippen molar-refractivity contribution in [2.45, 2.75) is 19.5 Å². The fraction of sp³-hybridized carbons (Fsp3) is 0.714. The average molecular weight is 169 g/mol. The van der Waals surface area contributed by atoms with Crippen LogP contribution < -0.4 is 10.6 Å². The minimum Gasteiger partial charge on any atom is -0.318 e. The van der Waals surface area contributed by atoms with Crippen molar-refractivity contribution < 1.29 is 0 Å². The molecule has 3 N–H and O–H groups in total. The zero-order valence-corrected chi connectivity index (χ0v) is 7.46. The van der Waals surface area contributed by atoms with Crippen molar-refractivity contribution in [3.05, 3.63) is 11.9 Å². The van der Waals surface area contributed by atoms with Crippen molar-refractivity contribution in [2.75, 3.05) is 13.6 Å². The van der Waals surface area contributed by atoms with Crippen molar-refractivity contribution in [3.63, 3.8) is 0 Å². The number of hydrogen-bond donors (Lipinski definition) is 3. The van der Waals surface area contributed by atoms with Crippen LogP contribution in [0.2, 0.25) is 0 Å². The average Bonchev–Trinajstić information content (AvgIpc) is 2.53. The molecule has 1 aromatic heterocycles. The van der Waals surface area contributed by atoms with Crippen LogP contribution in [0.5, 0.6) is 0 Å². The van der Waals surface area contributed by atoms with Crippen molar-refractivity contribution in [1.82, 2.24) is 26.0 Å². The first kappa shape index (κ1) is 9.15. The molecule has 5 heteroatoms. The number of nitrogens with one attached hydrogen (secondary N) is 3. The molecule has 12 heavy (non-hydrogen) atoms. The van der Waals surface area contributed by atoms with Crippen LogP contribution in [0.3, 0.4) is 0 Å². The normalized spacial score (nSPS) is 13.2. The Labute approximate surface area is 71.9 Å². The molecule has 0 saturated heterocycles. The lowest BCUT2D eigenvalue weighted by Crippen LogP contribution is -2.34. The second kappa shape index (κ2) is 4.84.